The average molecular weight is 410 g/mol. The van der Waals surface area contributed by atoms with Gasteiger partial charge in [0.15, 0.2) is 5.82 Å². The first-order valence-electron chi connectivity index (χ1n) is 9.39. The Kier molecular flexibility index (Phi) is 5.82. The Morgan fingerprint density at radius 3 is 2.72 bits per heavy atom. The molecular weight excluding hydrogens is 386 g/mol. The number of pyridine rings is 1. The minimum absolute atomic E-state index is 0.111. The summed E-state index contributed by atoms with van der Waals surface area (Å²) < 4.78 is 11.0. The first-order chi connectivity index (χ1) is 14.1. The Hall–Kier alpha value is -2.84. The van der Waals surface area contributed by atoms with Crippen molar-refractivity contribution >= 4 is 29.0 Å². The summed E-state index contributed by atoms with van der Waals surface area (Å²) in [5.74, 6) is 1.45. The third kappa shape index (κ3) is 4.44. The molecular formula is C21H23N5O2S. The van der Waals surface area contributed by atoms with Gasteiger partial charge in [0.25, 0.3) is 0 Å². The number of hydrogen-bond acceptors (Lipinski definition) is 8. The SMILES string of the molecule is COCN1c2cc(CNc3ccc(OC(C)C)nc3)ccc2Sc2nccnc21. The third-order valence-corrected chi connectivity index (χ3v) is 5.32. The van der Waals surface area contributed by atoms with E-state index in [9.17, 15) is 0 Å². The van der Waals surface area contributed by atoms with Crippen LogP contribution in [0.2, 0.25) is 0 Å². The Balaban J connectivity index is 1.50. The Bertz CT molecular complexity index is 981. The summed E-state index contributed by atoms with van der Waals surface area (Å²) in [4.78, 5) is 16.5. The van der Waals surface area contributed by atoms with Gasteiger partial charge in [0.1, 0.15) is 11.8 Å². The molecule has 1 aliphatic heterocycles. The van der Waals surface area contributed by atoms with E-state index in [2.05, 4.69) is 43.4 Å². The molecule has 7 nitrogen and oxygen atoms in total. The lowest BCUT2D eigenvalue weighted by Crippen LogP contribution is -2.24. The molecule has 0 spiro atoms. The number of fused-ring (bicyclic) bond motifs is 2. The number of aromatic nitrogens is 3. The van der Waals surface area contributed by atoms with Gasteiger partial charge in [0.2, 0.25) is 5.88 Å². The molecule has 3 heterocycles. The van der Waals surface area contributed by atoms with Crippen molar-refractivity contribution < 1.29 is 9.47 Å². The van der Waals surface area contributed by atoms with Crippen LogP contribution in [0.3, 0.4) is 0 Å². The maximum atomic E-state index is 5.59. The molecule has 0 saturated carbocycles. The zero-order valence-corrected chi connectivity index (χ0v) is 17.4. The van der Waals surface area contributed by atoms with Crippen LogP contribution in [-0.2, 0) is 11.3 Å². The number of ether oxygens (including phenoxy) is 2. The number of hydrogen-bond donors (Lipinski definition) is 1. The van der Waals surface area contributed by atoms with E-state index >= 15 is 0 Å². The molecule has 0 unspecified atom stereocenters. The largest absolute Gasteiger partial charge is 0.475 e. The van der Waals surface area contributed by atoms with Gasteiger partial charge in [-0.15, -0.1) is 0 Å². The Morgan fingerprint density at radius 2 is 1.97 bits per heavy atom. The van der Waals surface area contributed by atoms with Crippen LogP contribution in [0.1, 0.15) is 19.4 Å². The standard InChI is InChI=1S/C21H23N5O2S/c1-14(2)28-19-7-5-16(12-25-19)24-11-15-4-6-18-17(10-15)26(13-27-3)20-21(29-18)23-9-8-22-20/h4-10,12,14,24H,11,13H2,1-3H3. The number of methoxy groups -OCH3 is 1. The number of nitrogens with one attached hydrogen (secondary N) is 1. The van der Waals surface area contributed by atoms with Gasteiger partial charge in [-0.1, -0.05) is 17.8 Å². The summed E-state index contributed by atoms with van der Waals surface area (Å²) in [6, 6.07) is 10.3. The summed E-state index contributed by atoms with van der Waals surface area (Å²) in [5.41, 5.74) is 3.17. The quantitative estimate of drug-likeness (QED) is 0.612. The zero-order chi connectivity index (χ0) is 20.2. The second kappa shape index (κ2) is 8.67. The fourth-order valence-electron chi connectivity index (χ4n) is 3.02. The topological polar surface area (TPSA) is 72.4 Å². The fraction of sp³-hybridized carbons (Fsp3) is 0.286. The van der Waals surface area contributed by atoms with E-state index in [-0.39, 0.29) is 6.10 Å². The summed E-state index contributed by atoms with van der Waals surface area (Å²) in [5, 5.41) is 4.30. The van der Waals surface area contributed by atoms with Crippen molar-refractivity contribution in [3.8, 4) is 5.88 Å². The summed E-state index contributed by atoms with van der Waals surface area (Å²) in [6.07, 6.45) is 5.32. The number of nitrogens with zero attached hydrogens (tertiary/aromatic N) is 4. The van der Waals surface area contributed by atoms with Crippen LogP contribution in [0, 0.1) is 0 Å². The zero-order valence-electron chi connectivity index (χ0n) is 16.6. The lowest BCUT2D eigenvalue weighted by molar-refractivity contribution is 0.204. The van der Waals surface area contributed by atoms with Gasteiger partial charge in [-0.2, -0.15) is 0 Å². The van der Waals surface area contributed by atoms with Gasteiger partial charge < -0.3 is 14.8 Å². The molecule has 0 amide bonds. The molecule has 8 heteroatoms. The van der Waals surface area contributed by atoms with Crippen molar-refractivity contribution in [3.05, 3.63) is 54.5 Å². The smallest absolute Gasteiger partial charge is 0.213 e. The van der Waals surface area contributed by atoms with E-state index in [0.29, 0.717) is 19.2 Å². The molecule has 0 saturated heterocycles. The van der Waals surface area contributed by atoms with Crippen molar-refractivity contribution in [3.63, 3.8) is 0 Å². The predicted octanol–water partition coefficient (Wildman–Crippen LogP) is 4.48. The van der Waals surface area contributed by atoms with Crippen molar-refractivity contribution in [2.75, 3.05) is 24.1 Å². The minimum atomic E-state index is 0.111. The van der Waals surface area contributed by atoms with Crippen molar-refractivity contribution in [1.29, 1.82) is 0 Å². The van der Waals surface area contributed by atoms with E-state index in [1.807, 2.05) is 26.0 Å². The second-order valence-electron chi connectivity index (χ2n) is 6.84. The van der Waals surface area contributed by atoms with Crippen LogP contribution in [0.4, 0.5) is 17.2 Å². The Labute approximate surface area is 174 Å². The monoisotopic (exact) mass is 409 g/mol. The molecule has 0 atom stereocenters. The summed E-state index contributed by atoms with van der Waals surface area (Å²) in [7, 11) is 1.68. The lowest BCUT2D eigenvalue weighted by Gasteiger charge is -2.30. The van der Waals surface area contributed by atoms with Crippen LogP contribution >= 0.6 is 11.8 Å². The van der Waals surface area contributed by atoms with E-state index < -0.39 is 0 Å². The van der Waals surface area contributed by atoms with E-state index in [1.54, 1.807) is 37.5 Å². The third-order valence-electron chi connectivity index (χ3n) is 4.27. The highest BCUT2D eigenvalue weighted by Gasteiger charge is 2.25. The first-order valence-corrected chi connectivity index (χ1v) is 10.2. The van der Waals surface area contributed by atoms with Crippen molar-refractivity contribution in [2.24, 2.45) is 0 Å². The number of benzene rings is 1. The highest BCUT2D eigenvalue weighted by Crippen LogP contribution is 2.46. The van der Waals surface area contributed by atoms with Gasteiger partial charge in [-0.3, -0.25) is 4.90 Å². The second-order valence-corrected chi connectivity index (χ2v) is 7.87. The van der Waals surface area contributed by atoms with Crippen molar-refractivity contribution in [1.82, 2.24) is 15.0 Å². The minimum Gasteiger partial charge on any atom is -0.475 e. The van der Waals surface area contributed by atoms with E-state index in [0.717, 1.165) is 32.7 Å². The van der Waals surface area contributed by atoms with Gasteiger partial charge in [-0.25, -0.2) is 15.0 Å². The molecule has 29 heavy (non-hydrogen) atoms. The Morgan fingerprint density at radius 1 is 1.10 bits per heavy atom. The molecule has 150 valence electrons. The molecule has 0 fully saturated rings. The fourth-order valence-corrected chi connectivity index (χ4v) is 4.01. The molecule has 0 radical (unpaired) electrons. The van der Waals surface area contributed by atoms with Crippen LogP contribution in [-0.4, -0.2) is 34.9 Å². The summed E-state index contributed by atoms with van der Waals surface area (Å²) >= 11 is 1.63. The highest BCUT2D eigenvalue weighted by atomic mass is 32.2. The molecule has 0 bridgehead atoms. The molecule has 2 aromatic heterocycles. The normalized spacial score (nSPS) is 12.5. The number of rotatable bonds is 7. The van der Waals surface area contributed by atoms with E-state index in [1.165, 1.54) is 0 Å². The average Bonchev–Trinajstić information content (AvgIpc) is 2.73. The van der Waals surface area contributed by atoms with E-state index in [4.69, 9.17) is 9.47 Å². The van der Waals surface area contributed by atoms with Crippen LogP contribution in [0.15, 0.2) is 58.8 Å². The highest BCUT2D eigenvalue weighted by molar-refractivity contribution is 7.99. The predicted molar refractivity (Wildman–Crippen MR) is 114 cm³/mol. The van der Waals surface area contributed by atoms with Crippen LogP contribution in [0.25, 0.3) is 0 Å². The molecule has 0 aliphatic carbocycles. The maximum Gasteiger partial charge on any atom is 0.213 e. The van der Waals surface area contributed by atoms with Gasteiger partial charge >= 0.3 is 0 Å². The molecule has 3 aromatic rings. The lowest BCUT2D eigenvalue weighted by atomic mass is 10.1. The van der Waals surface area contributed by atoms with Gasteiger partial charge in [0, 0.05) is 37.0 Å². The van der Waals surface area contributed by atoms with Crippen LogP contribution in [0.5, 0.6) is 5.88 Å². The molecule has 4 rings (SSSR count). The molecule has 1 aromatic carbocycles. The van der Waals surface area contributed by atoms with Crippen LogP contribution < -0.4 is 15.0 Å². The van der Waals surface area contributed by atoms with Gasteiger partial charge in [0.05, 0.1) is 23.7 Å². The number of anilines is 3. The van der Waals surface area contributed by atoms with Gasteiger partial charge in [-0.05, 0) is 37.6 Å². The summed E-state index contributed by atoms with van der Waals surface area (Å²) in [6.45, 7) is 5.06. The maximum absolute atomic E-state index is 5.59. The molecule has 1 N–H and O–H groups in total. The van der Waals surface area contributed by atoms with Crippen molar-refractivity contribution in [2.45, 2.75) is 36.4 Å². The first kappa shape index (κ1) is 19.5. The molecule has 1 aliphatic rings.